The van der Waals surface area contributed by atoms with Gasteiger partial charge in [0.1, 0.15) is 0 Å². The molecule has 2 nitrogen and oxygen atoms in total. The van der Waals surface area contributed by atoms with E-state index in [0.717, 1.165) is 24.0 Å². The van der Waals surface area contributed by atoms with E-state index in [0.29, 0.717) is 6.42 Å². The number of rotatable bonds is 7. The number of thioether (sulfide) groups is 1. The molecule has 0 spiro atoms. The maximum absolute atomic E-state index is 12.0. The normalized spacial score (nSPS) is 16.1. The van der Waals surface area contributed by atoms with Gasteiger partial charge in [-0.1, -0.05) is 64.3 Å². The van der Waals surface area contributed by atoms with Crippen LogP contribution in [0.4, 0.5) is 0 Å². The SMILES string of the molecule is CC(C)(C)c1ccc(CCC(=O)NCCSC2CCCCC2)cc1. The first-order valence-corrected chi connectivity index (χ1v) is 10.5. The van der Waals surface area contributed by atoms with E-state index in [1.807, 2.05) is 11.8 Å². The molecule has 0 aromatic heterocycles. The Kier molecular flexibility index (Phi) is 7.67. The minimum atomic E-state index is 0.180. The Bertz CT molecular complexity index is 498. The maximum Gasteiger partial charge on any atom is 0.220 e. The molecule has 1 N–H and O–H groups in total. The fourth-order valence-electron chi connectivity index (χ4n) is 3.17. The fourth-order valence-corrected chi connectivity index (χ4v) is 4.39. The summed E-state index contributed by atoms with van der Waals surface area (Å²) in [6.07, 6.45) is 8.32. The van der Waals surface area contributed by atoms with Gasteiger partial charge in [-0.15, -0.1) is 0 Å². The van der Waals surface area contributed by atoms with Crippen LogP contribution in [0.25, 0.3) is 0 Å². The quantitative estimate of drug-likeness (QED) is 0.695. The number of carbonyl (C=O) groups is 1. The van der Waals surface area contributed by atoms with Gasteiger partial charge in [0.05, 0.1) is 0 Å². The van der Waals surface area contributed by atoms with Crippen molar-refractivity contribution in [1.29, 1.82) is 0 Å². The average molecular weight is 348 g/mol. The van der Waals surface area contributed by atoms with Gasteiger partial charge in [-0.2, -0.15) is 11.8 Å². The highest BCUT2D eigenvalue weighted by Gasteiger charge is 2.14. The first-order valence-electron chi connectivity index (χ1n) is 9.43. The van der Waals surface area contributed by atoms with Crippen molar-refractivity contribution in [3.8, 4) is 0 Å². The van der Waals surface area contributed by atoms with Crippen LogP contribution in [-0.2, 0) is 16.6 Å². The molecule has 0 bridgehead atoms. The van der Waals surface area contributed by atoms with Crippen LogP contribution < -0.4 is 5.32 Å². The highest BCUT2D eigenvalue weighted by molar-refractivity contribution is 7.99. The lowest BCUT2D eigenvalue weighted by Crippen LogP contribution is -2.26. The first-order chi connectivity index (χ1) is 11.4. The van der Waals surface area contributed by atoms with Crippen molar-refractivity contribution in [2.45, 2.75) is 76.4 Å². The molecule has 1 aromatic carbocycles. The third-order valence-electron chi connectivity index (χ3n) is 4.79. The zero-order chi connectivity index (χ0) is 17.4. The van der Waals surface area contributed by atoms with Crippen molar-refractivity contribution in [2.75, 3.05) is 12.3 Å². The van der Waals surface area contributed by atoms with Gasteiger partial charge in [0.25, 0.3) is 0 Å². The van der Waals surface area contributed by atoms with Crippen LogP contribution in [-0.4, -0.2) is 23.5 Å². The molecule has 0 aliphatic heterocycles. The lowest BCUT2D eigenvalue weighted by molar-refractivity contribution is -0.120. The average Bonchev–Trinajstić information content (AvgIpc) is 2.57. The molecule has 0 radical (unpaired) electrons. The van der Waals surface area contributed by atoms with Gasteiger partial charge in [-0.05, 0) is 35.8 Å². The molecule has 0 unspecified atom stereocenters. The summed E-state index contributed by atoms with van der Waals surface area (Å²) in [5.74, 6) is 1.23. The molecule has 0 heterocycles. The van der Waals surface area contributed by atoms with Crippen molar-refractivity contribution in [3.05, 3.63) is 35.4 Å². The van der Waals surface area contributed by atoms with E-state index in [-0.39, 0.29) is 11.3 Å². The van der Waals surface area contributed by atoms with Crippen molar-refractivity contribution in [2.24, 2.45) is 0 Å². The van der Waals surface area contributed by atoms with Crippen LogP contribution in [0.3, 0.4) is 0 Å². The molecule has 24 heavy (non-hydrogen) atoms. The van der Waals surface area contributed by atoms with E-state index in [9.17, 15) is 4.79 Å². The molecule has 2 rings (SSSR count). The summed E-state index contributed by atoms with van der Waals surface area (Å²) < 4.78 is 0. The highest BCUT2D eigenvalue weighted by atomic mass is 32.2. The van der Waals surface area contributed by atoms with Crippen molar-refractivity contribution in [3.63, 3.8) is 0 Å². The van der Waals surface area contributed by atoms with E-state index in [2.05, 4.69) is 50.4 Å². The van der Waals surface area contributed by atoms with Gasteiger partial charge in [-0.3, -0.25) is 4.79 Å². The van der Waals surface area contributed by atoms with Crippen molar-refractivity contribution >= 4 is 17.7 Å². The van der Waals surface area contributed by atoms with Gasteiger partial charge in [0.15, 0.2) is 0 Å². The smallest absolute Gasteiger partial charge is 0.220 e. The molecule has 0 saturated heterocycles. The maximum atomic E-state index is 12.0. The van der Waals surface area contributed by atoms with Crippen molar-refractivity contribution in [1.82, 2.24) is 5.32 Å². The van der Waals surface area contributed by atoms with E-state index < -0.39 is 0 Å². The third kappa shape index (κ3) is 6.88. The molecule has 0 atom stereocenters. The van der Waals surface area contributed by atoms with Gasteiger partial charge < -0.3 is 5.32 Å². The summed E-state index contributed by atoms with van der Waals surface area (Å²) in [7, 11) is 0. The first kappa shape index (κ1) is 19.4. The second-order valence-corrected chi connectivity index (χ2v) is 9.34. The van der Waals surface area contributed by atoms with Gasteiger partial charge in [-0.25, -0.2) is 0 Å². The second kappa shape index (κ2) is 9.50. The predicted molar refractivity (Wildman–Crippen MR) is 106 cm³/mol. The van der Waals surface area contributed by atoms with Crippen LogP contribution in [0, 0.1) is 0 Å². The minimum absolute atomic E-state index is 0.180. The van der Waals surface area contributed by atoms with Gasteiger partial charge in [0.2, 0.25) is 5.91 Å². The van der Waals surface area contributed by atoms with E-state index in [1.54, 1.807) is 0 Å². The predicted octanol–water partition coefficient (Wildman–Crippen LogP) is 5.10. The summed E-state index contributed by atoms with van der Waals surface area (Å²) in [5, 5.41) is 3.90. The molecule has 1 saturated carbocycles. The monoisotopic (exact) mass is 347 g/mol. The van der Waals surface area contributed by atoms with Crippen LogP contribution in [0.1, 0.15) is 70.4 Å². The summed E-state index contributed by atoms with van der Waals surface area (Å²) >= 11 is 2.04. The second-order valence-electron chi connectivity index (χ2n) is 7.93. The third-order valence-corrected chi connectivity index (χ3v) is 6.17. The Labute approximate surface area is 152 Å². The number of aryl methyl sites for hydroxylation is 1. The van der Waals surface area contributed by atoms with Crippen molar-refractivity contribution < 1.29 is 4.79 Å². The van der Waals surface area contributed by atoms with E-state index in [1.165, 1.54) is 43.2 Å². The molecular weight excluding hydrogens is 314 g/mol. The Morgan fingerprint density at radius 1 is 1.12 bits per heavy atom. The lowest BCUT2D eigenvalue weighted by Gasteiger charge is -2.20. The summed E-state index contributed by atoms with van der Waals surface area (Å²) in [5.41, 5.74) is 2.77. The minimum Gasteiger partial charge on any atom is -0.355 e. The topological polar surface area (TPSA) is 29.1 Å². The number of nitrogens with one attached hydrogen (secondary N) is 1. The Morgan fingerprint density at radius 3 is 2.42 bits per heavy atom. The zero-order valence-corrected chi connectivity index (χ0v) is 16.4. The number of benzene rings is 1. The van der Waals surface area contributed by atoms with Gasteiger partial charge >= 0.3 is 0 Å². The summed E-state index contributed by atoms with van der Waals surface area (Å²) in [6, 6.07) is 8.70. The Hall–Kier alpha value is -0.960. The summed E-state index contributed by atoms with van der Waals surface area (Å²) in [6.45, 7) is 7.48. The molecule has 1 aliphatic rings. The van der Waals surface area contributed by atoms with Gasteiger partial charge in [0, 0.05) is 24.0 Å². The lowest BCUT2D eigenvalue weighted by atomic mass is 9.86. The highest BCUT2D eigenvalue weighted by Crippen LogP contribution is 2.27. The summed E-state index contributed by atoms with van der Waals surface area (Å²) in [4.78, 5) is 12.0. The number of hydrogen-bond donors (Lipinski definition) is 1. The molecule has 134 valence electrons. The molecule has 1 fully saturated rings. The Balaban J connectivity index is 1.60. The number of amides is 1. The van der Waals surface area contributed by atoms with E-state index >= 15 is 0 Å². The fraction of sp³-hybridized carbons (Fsp3) is 0.667. The number of carbonyl (C=O) groups excluding carboxylic acids is 1. The molecule has 1 aliphatic carbocycles. The molecule has 3 heteroatoms. The van der Waals surface area contributed by atoms with Crippen LogP contribution in [0.5, 0.6) is 0 Å². The molecule has 1 aromatic rings. The largest absolute Gasteiger partial charge is 0.355 e. The zero-order valence-electron chi connectivity index (χ0n) is 15.6. The standard InChI is InChI=1S/C21H33NOS/c1-21(2,3)18-12-9-17(10-13-18)11-14-20(23)22-15-16-24-19-7-5-4-6-8-19/h9-10,12-13,19H,4-8,11,14-16H2,1-3H3,(H,22,23). The number of hydrogen-bond acceptors (Lipinski definition) is 2. The van der Waals surface area contributed by atoms with Crippen LogP contribution >= 0.6 is 11.8 Å². The molecule has 1 amide bonds. The van der Waals surface area contributed by atoms with E-state index in [4.69, 9.17) is 0 Å². The molecular formula is C21H33NOS. The van der Waals surface area contributed by atoms with Crippen LogP contribution in [0.2, 0.25) is 0 Å². The Morgan fingerprint density at radius 2 is 1.79 bits per heavy atom. The van der Waals surface area contributed by atoms with Crippen LogP contribution in [0.15, 0.2) is 24.3 Å².